The minimum atomic E-state index is 0. The van der Waals surface area contributed by atoms with Crippen molar-refractivity contribution in [3.63, 3.8) is 0 Å². The van der Waals surface area contributed by atoms with Gasteiger partial charge in [0.1, 0.15) is 0 Å². The molecule has 0 spiro atoms. The summed E-state index contributed by atoms with van der Waals surface area (Å²) in [5.41, 5.74) is 7.47. The summed E-state index contributed by atoms with van der Waals surface area (Å²) in [5, 5.41) is 0. The van der Waals surface area contributed by atoms with Crippen LogP contribution in [-0.4, -0.2) is 4.98 Å². The van der Waals surface area contributed by atoms with E-state index in [0.717, 1.165) is 11.3 Å². The minimum absolute atomic E-state index is 0. The van der Waals surface area contributed by atoms with Gasteiger partial charge in [-0.25, -0.2) is 0 Å². The second-order valence-corrected chi connectivity index (χ2v) is 6.06. The van der Waals surface area contributed by atoms with E-state index in [4.69, 9.17) is 0 Å². The molecule has 0 unspecified atom stereocenters. The average molecular weight is 463 g/mol. The number of benzene rings is 2. The molecule has 3 aromatic rings. The number of rotatable bonds is 1. The van der Waals surface area contributed by atoms with Gasteiger partial charge in [-0.3, -0.25) is 0 Å². The van der Waals surface area contributed by atoms with E-state index in [2.05, 4.69) is 61.3 Å². The minimum Gasteiger partial charge on any atom is -0.305 e. The predicted octanol–water partition coefficient (Wildman–Crippen LogP) is 4.85. The maximum atomic E-state index is 4.44. The van der Waals surface area contributed by atoms with Crippen molar-refractivity contribution in [3.05, 3.63) is 78.0 Å². The largest absolute Gasteiger partial charge is 0.305 e. The molecule has 0 saturated carbocycles. The van der Waals surface area contributed by atoms with E-state index in [1.807, 2.05) is 24.4 Å². The summed E-state index contributed by atoms with van der Waals surface area (Å²) in [4.78, 5) is 4.44. The molecule has 0 amide bonds. The van der Waals surface area contributed by atoms with Gasteiger partial charge in [0, 0.05) is 26.3 Å². The van der Waals surface area contributed by atoms with E-state index < -0.39 is 0 Å². The number of hydrogen-bond acceptors (Lipinski definition) is 1. The predicted molar refractivity (Wildman–Crippen MR) is 86.1 cm³/mol. The molecular formula is C20H16IrN-. The summed E-state index contributed by atoms with van der Waals surface area (Å²) in [6.45, 7) is 4.58. The standard InChI is InChI=1S/C20H16N.Ir/c1-20(2)17-8-4-3-7-15(17)16-11-10-14(13-18(16)20)19-9-5-6-12-21-19;/h3-9,11-13H,1-2H3;/q-1;. The fourth-order valence-corrected chi connectivity index (χ4v) is 3.31. The van der Waals surface area contributed by atoms with Gasteiger partial charge in [-0.05, 0) is 22.7 Å². The molecule has 2 aromatic carbocycles. The topological polar surface area (TPSA) is 12.9 Å². The number of pyridine rings is 1. The first-order chi connectivity index (χ1) is 10.2. The van der Waals surface area contributed by atoms with Gasteiger partial charge in [-0.15, -0.1) is 29.3 Å². The van der Waals surface area contributed by atoms with Crippen molar-refractivity contribution in [3.8, 4) is 22.4 Å². The summed E-state index contributed by atoms with van der Waals surface area (Å²) in [5.74, 6) is 0. The molecule has 0 fully saturated rings. The second-order valence-electron chi connectivity index (χ2n) is 6.06. The van der Waals surface area contributed by atoms with Crippen molar-refractivity contribution in [2.45, 2.75) is 19.3 Å². The molecule has 0 bridgehead atoms. The van der Waals surface area contributed by atoms with Crippen molar-refractivity contribution >= 4 is 0 Å². The Labute approximate surface area is 144 Å². The normalized spacial score (nSPS) is 13.9. The summed E-state index contributed by atoms with van der Waals surface area (Å²) < 4.78 is 0. The van der Waals surface area contributed by atoms with Gasteiger partial charge in [-0.2, -0.15) is 0 Å². The fraction of sp³-hybridized carbons (Fsp3) is 0.150. The monoisotopic (exact) mass is 463 g/mol. The molecule has 1 aliphatic rings. The molecule has 0 saturated heterocycles. The Morgan fingerprint density at radius 1 is 0.909 bits per heavy atom. The van der Waals surface area contributed by atoms with Gasteiger partial charge in [0.2, 0.25) is 0 Å². The maximum Gasteiger partial charge on any atom is 0.0160 e. The van der Waals surface area contributed by atoms with Crippen molar-refractivity contribution in [1.82, 2.24) is 4.98 Å². The van der Waals surface area contributed by atoms with Crippen molar-refractivity contribution in [2.24, 2.45) is 0 Å². The van der Waals surface area contributed by atoms with Crippen LogP contribution in [0.5, 0.6) is 0 Å². The van der Waals surface area contributed by atoms with Gasteiger partial charge in [0.25, 0.3) is 0 Å². The zero-order valence-electron chi connectivity index (χ0n) is 12.6. The van der Waals surface area contributed by atoms with Gasteiger partial charge >= 0.3 is 0 Å². The summed E-state index contributed by atoms with van der Waals surface area (Å²) in [6.07, 6.45) is 1.83. The zero-order valence-corrected chi connectivity index (χ0v) is 14.9. The Morgan fingerprint density at radius 3 is 2.45 bits per heavy atom. The summed E-state index contributed by atoms with van der Waals surface area (Å²) in [6, 6.07) is 22.4. The number of aromatic nitrogens is 1. The van der Waals surface area contributed by atoms with Crippen LogP contribution < -0.4 is 0 Å². The third kappa shape index (κ3) is 2.15. The SMILES string of the molecule is CC1(C)c2ccccc2-c2c[c-]c(-c3ccccn3)cc21.[Ir]. The molecular weight excluding hydrogens is 446 g/mol. The molecule has 1 nitrogen and oxygen atoms in total. The van der Waals surface area contributed by atoms with Gasteiger partial charge in [-0.1, -0.05) is 61.4 Å². The molecule has 1 aliphatic carbocycles. The van der Waals surface area contributed by atoms with Crippen LogP contribution in [0.25, 0.3) is 22.4 Å². The Kier molecular flexibility index (Phi) is 3.76. The number of nitrogens with zero attached hydrogens (tertiary/aromatic N) is 1. The third-order valence-electron chi connectivity index (χ3n) is 4.46. The maximum absolute atomic E-state index is 4.44. The van der Waals surface area contributed by atoms with E-state index in [1.54, 1.807) is 0 Å². The first-order valence-corrected chi connectivity index (χ1v) is 7.25. The fourth-order valence-electron chi connectivity index (χ4n) is 3.31. The molecule has 0 aliphatic heterocycles. The Morgan fingerprint density at radius 2 is 1.68 bits per heavy atom. The van der Waals surface area contributed by atoms with Crippen LogP contribution in [0.2, 0.25) is 0 Å². The molecule has 4 rings (SSSR count). The van der Waals surface area contributed by atoms with E-state index in [-0.39, 0.29) is 25.5 Å². The van der Waals surface area contributed by atoms with Crippen LogP contribution in [0, 0.1) is 6.07 Å². The van der Waals surface area contributed by atoms with E-state index in [0.29, 0.717) is 0 Å². The smallest absolute Gasteiger partial charge is 0.0160 e. The van der Waals surface area contributed by atoms with Crippen LogP contribution >= 0.6 is 0 Å². The Hall–Kier alpha value is -1.76. The first kappa shape index (κ1) is 15.1. The molecule has 1 heterocycles. The summed E-state index contributed by atoms with van der Waals surface area (Å²) >= 11 is 0. The van der Waals surface area contributed by atoms with Gasteiger partial charge < -0.3 is 4.98 Å². The second kappa shape index (κ2) is 5.46. The van der Waals surface area contributed by atoms with Crippen LogP contribution in [-0.2, 0) is 25.5 Å². The molecule has 0 atom stereocenters. The third-order valence-corrected chi connectivity index (χ3v) is 4.46. The Balaban J connectivity index is 0.00000144. The first-order valence-electron chi connectivity index (χ1n) is 7.25. The molecule has 111 valence electrons. The van der Waals surface area contributed by atoms with Crippen molar-refractivity contribution < 1.29 is 20.1 Å². The van der Waals surface area contributed by atoms with E-state index in [9.17, 15) is 0 Å². The zero-order chi connectivity index (χ0) is 14.4. The number of hydrogen-bond donors (Lipinski definition) is 0. The van der Waals surface area contributed by atoms with E-state index in [1.165, 1.54) is 22.3 Å². The average Bonchev–Trinajstić information content (AvgIpc) is 2.77. The van der Waals surface area contributed by atoms with Crippen molar-refractivity contribution in [1.29, 1.82) is 0 Å². The van der Waals surface area contributed by atoms with Crippen LogP contribution in [0.3, 0.4) is 0 Å². The van der Waals surface area contributed by atoms with Crippen LogP contribution in [0.1, 0.15) is 25.0 Å². The van der Waals surface area contributed by atoms with Crippen LogP contribution in [0.4, 0.5) is 0 Å². The molecule has 0 N–H and O–H groups in total. The van der Waals surface area contributed by atoms with Crippen molar-refractivity contribution in [2.75, 3.05) is 0 Å². The van der Waals surface area contributed by atoms with E-state index >= 15 is 0 Å². The molecule has 2 heteroatoms. The van der Waals surface area contributed by atoms with Gasteiger partial charge in [0.05, 0.1) is 0 Å². The van der Waals surface area contributed by atoms with Gasteiger partial charge in [0.15, 0.2) is 0 Å². The molecule has 1 aromatic heterocycles. The molecule has 1 radical (unpaired) electrons. The summed E-state index contributed by atoms with van der Waals surface area (Å²) in [7, 11) is 0. The van der Waals surface area contributed by atoms with Crippen LogP contribution in [0.15, 0.2) is 60.8 Å². The number of fused-ring (bicyclic) bond motifs is 3. The Bertz CT molecular complexity index is 822. The quantitative estimate of drug-likeness (QED) is 0.471. The molecule has 22 heavy (non-hydrogen) atoms.